The van der Waals surface area contributed by atoms with Crippen molar-refractivity contribution in [2.45, 2.75) is 37.8 Å². The standard InChI is InChI=1S/C20H22FN7/c21-15-7-2-1-6-14(15)20-27-17-10-25-16(19(24)26-11-22)9-18(17)28(20)13-5-3-4-12(23)8-13/h1-2,6-7,9-13H,3-5,8,23H2,(H3,22,24,26). The highest BCUT2D eigenvalue weighted by Crippen LogP contribution is 2.36. The summed E-state index contributed by atoms with van der Waals surface area (Å²) in [6.45, 7) is 0. The van der Waals surface area contributed by atoms with Crippen molar-refractivity contribution in [3.8, 4) is 11.4 Å². The highest BCUT2D eigenvalue weighted by Gasteiger charge is 2.26. The molecule has 1 aromatic carbocycles. The molecule has 1 fully saturated rings. The second-order valence-corrected chi connectivity index (χ2v) is 7.07. The zero-order chi connectivity index (χ0) is 19.7. The molecule has 0 aliphatic heterocycles. The Labute approximate surface area is 161 Å². The van der Waals surface area contributed by atoms with Gasteiger partial charge in [0, 0.05) is 12.1 Å². The second kappa shape index (κ2) is 7.47. The van der Waals surface area contributed by atoms with Gasteiger partial charge in [-0.25, -0.2) is 14.4 Å². The van der Waals surface area contributed by atoms with Crippen LogP contribution in [-0.2, 0) is 0 Å². The zero-order valence-electron chi connectivity index (χ0n) is 15.3. The Hall–Kier alpha value is -3.13. The lowest BCUT2D eigenvalue weighted by molar-refractivity contribution is 0.327. The largest absolute Gasteiger partial charge is 0.382 e. The summed E-state index contributed by atoms with van der Waals surface area (Å²) < 4.78 is 16.6. The van der Waals surface area contributed by atoms with Crippen molar-refractivity contribution in [1.29, 1.82) is 5.41 Å². The van der Waals surface area contributed by atoms with Crippen LogP contribution >= 0.6 is 0 Å². The smallest absolute Gasteiger partial charge is 0.151 e. The van der Waals surface area contributed by atoms with Gasteiger partial charge in [-0.2, -0.15) is 0 Å². The van der Waals surface area contributed by atoms with Gasteiger partial charge in [0.15, 0.2) is 5.84 Å². The van der Waals surface area contributed by atoms with Gasteiger partial charge in [0.2, 0.25) is 0 Å². The fraction of sp³-hybridized carbons (Fsp3) is 0.300. The lowest BCUT2D eigenvalue weighted by atomic mass is 9.91. The Kier molecular flexibility index (Phi) is 4.87. The highest BCUT2D eigenvalue weighted by atomic mass is 19.1. The van der Waals surface area contributed by atoms with E-state index >= 15 is 0 Å². The van der Waals surface area contributed by atoms with Crippen molar-refractivity contribution in [2.24, 2.45) is 16.5 Å². The van der Waals surface area contributed by atoms with E-state index < -0.39 is 0 Å². The molecule has 2 heterocycles. The van der Waals surface area contributed by atoms with Crippen LogP contribution in [0.15, 0.2) is 41.5 Å². The maximum atomic E-state index is 14.6. The Balaban J connectivity index is 1.95. The molecule has 5 N–H and O–H groups in total. The Morgan fingerprint density at radius 3 is 2.89 bits per heavy atom. The zero-order valence-corrected chi connectivity index (χ0v) is 15.3. The Morgan fingerprint density at radius 1 is 1.32 bits per heavy atom. The lowest BCUT2D eigenvalue weighted by Gasteiger charge is -2.29. The number of hydrogen-bond acceptors (Lipinski definition) is 4. The SMILES string of the molecule is N=CN=C(N)c1cc2c(cn1)nc(-c1ccccc1F)n2C1CCCC(N)C1. The van der Waals surface area contributed by atoms with Crippen molar-refractivity contribution < 1.29 is 4.39 Å². The molecular weight excluding hydrogens is 357 g/mol. The topological polar surface area (TPSA) is 119 Å². The molecule has 1 saturated carbocycles. The lowest BCUT2D eigenvalue weighted by Crippen LogP contribution is -2.29. The molecule has 0 amide bonds. The first-order chi connectivity index (χ1) is 13.6. The maximum absolute atomic E-state index is 14.6. The first-order valence-corrected chi connectivity index (χ1v) is 9.29. The first kappa shape index (κ1) is 18.2. The minimum absolute atomic E-state index is 0.107. The van der Waals surface area contributed by atoms with Crippen molar-refractivity contribution in [2.75, 3.05) is 0 Å². The van der Waals surface area contributed by atoms with E-state index in [1.165, 1.54) is 6.07 Å². The number of hydrogen-bond donors (Lipinski definition) is 3. The van der Waals surface area contributed by atoms with Crippen LogP contribution in [-0.4, -0.2) is 32.8 Å². The average molecular weight is 379 g/mol. The Morgan fingerprint density at radius 2 is 2.14 bits per heavy atom. The third-order valence-electron chi connectivity index (χ3n) is 5.21. The minimum atomic E-state index is -0.322. The second-order valence-electron chi connectivity index (χ2n) is 7.07. The monoisotopic (exact) mass is 379 g/mol. The molecule has 0 bridgehead atoms. The Bertz CT molecular complexity index is 1060. The molecule has 144 valence electrons. The number of nitrogens with zero attached hydrogens (tertiary/aromatic N) is 4. The summed E-state index contributed by atoms with van der Waals surface area (Å²) in [5, 5.41) is 7.12. The number of fused-ring (bicyclic) bond motifs is 1. The maximum Gasteiger partial charge on any atom is 0.151 e. The molecule has 0 radical (unpaired) electrons. The van der Waals surface area contributed by atoms with E-state index in [4.69, 9.17) is 16.9 Å². The number of aromatic nitrogens is 3. The number of rotatable bonds is 4. The van der Waals surface area contributed by atoms with E-state index in [0.717, 1.165) is 37.5 Å². The summed E-state index contributed by atoms with van der Waals surface area (Å²) in [4.78, 5) is 12.8. The molecule has 0 spiro atoms. The summed E-state index contributed by atoms with van der Waals surface area (Å²) in [5.41, 5.74) is 14.5. The van der Waals surface area contributed by atoms with Crippen LogP contribution in [0.1, 0.15) is 37.4 Å². The number of benzene rings is 1. The van der Waals surface area contributed by atoms with Gasteiger partial charge in [-0.1, -0.05) is 12.1 Å². The van der Waals surface area contributed by atoms with Crippen LogP contribution < -0.4 is 11.5 Å². The molecule has 2 unspecified atom stereocenters. The van der Waals surface area contributed by atoms with E-state index in [1.807, 2.05) is 0 Å². The summed E-state index contributed by atoms with van der Waals surface area (Å²) >= 11 is 0. The predicted octanol–water partition coefficient (Wildman–Crippen LogP) is 2.99. The number of imidazole rings is 1. The fourth-order valence-electron chi connectivity index (χ4n) is 3.91. The number of nitrogens with two attached hydrogens (primary N) is 2. The molecule has 1 aliphatic rings. The molecule has 2 aromatic heterocycles. The predicted molar refractivity (Wildman–Crippen MR) is 108 cm³/mol. The van der Waals surface area contributed by atoms with Crippen LogP contribution in [0.4, 0.5) is 4.39 Å². The van der Waals surface area contributed by atoms with Crippen LogP contribution in [0.2, 0.25) is 0 Å². The number of aliphatic imine (C=N–C) groups is 1. The van der Waals surface area contributed by atoms with Crippen LogP contribution in [0.5, 0.6) is 0 Å². The van der Waals surface area contributed by atoms with Crippen LogP contribution in [0.25, 0.3) is 22.4 Å². The molecule has 3 aromatic rings. The van der Waals surface area contributed by atoms with Gasteiger partial charge in [0.05, 0.1) is 17.3 Å². The average Bonchev–Trinajstić information content (AvgIpc) is 3.07. The normalized spacial score (nSPS) is 20.4. The summed E-state index contributed by atoms with van der Waals surface area (Å²) in [6.07, 6.45) is 6.24. The number of halogens is 1. The molecular formula is C20H22FN7. The van der Waals surface area contributed by atoms with Crippen LogP contribution in [0, 0.1) is 11.2 Å². The van der Waals surface area contributed by atoms with Gasteiger partial charge in [0.1, 0.15) is 29.2 Å². The van der Waals surface area contributed by atoms with Gasteiger partial charge in [-0.15, -0.1) is 0 Å². The quantitative estimate of drug-likeness (QED) is 0.477. The molecule has 2 atom stereocenters. The molecule has 7 nitrogen and oxygen atoms in total. The molecule has 1 aliphatic carbocycles. The molecule has 8 heteroatoms. The highest BCUT2D eigenvalue weighted by molar-refractivity contribution is 6.01. The van der Waals surface area contributed by atoms with Gasteiger partial charge >= 0.3 is 0 Å². The van der Waals surface area contributed by atoms with Crippen molar-refractivity contribution in [3.05, 3.63) is 48.0 Å². The summed E-state index contributed by atoms with van der Waals surface area (Å²) in [6, 6.07) is 8.65. The van der Waals surface area contributed by atoms with E-state index in [1.54, 1.807) is 30.5 Å². The fourth-order valence-corrected chi connectivity index (χ4v) is 3.91. The third-order valence-corrected chi connectivity index (χ3v) is 5.21. The van der Waals surface area contributed by atoms with Crippen molar-refractivity contribution in [1.82, 2.24) is 14.5 Å². The van der Waals surface area contributed by atoms with Gasteiger partial charge in [0.25, 0.3) is 0 Å². The van der Waals surface area contributed by atoms with E-state index in [2.05, 4.69) is 19.5 Å². The molecule has 4 rings (SSSR count). The summed E-state index contributed by atoms with van der Waals surface area (Å²) in [7, 11) is 0. The number of nitrogens with one attached hydrogen (secondary N) is 1. The van der Waals surface area contributed by atoms with E-state index in [9.17, 15) is 4.39 Å². The number of amidine groups is 1. The molecule has 0 saturated heterocycles. The van der Waals surface area contributed by atoms with E-state index in [0.29, 0.717) is 22.6 Å². The first-order valence-electron chi connectivity index (χ1n) is 9.29. The number of pyridine rings is 1. The third kappa shape index (κ3) is 3.27. The summed E-state index contributed by atoms with van der Waals surface area (Å²) in [5.74, 6) is 0.392. The van der Waals surface area contributed by atoms with Gasteiger partial charge in [-0.3, -0.25) is 10.4 Å². The van der Waals surface area contributed by atoms with Gasteiger partial charge < -0.3 is 16.0 Å². The van der Waals surface area contributed by atoms with Crippen molar-refractivity contribution in [3.63, 3.8) is 0 Å². The van der Waals surface area contributed by atoms with Crippen LogP contribution in [0.3, 0.4) is 0 Å². The minimum Gasteiger partial charge on any atom is -0.382 e. The van der Waals surface area contributed by atoms with E-state index in [-0.39, 0.29) is 23.7 Å². The van der Waals surface area contributed by atoms with Gasteiger partial charge in [-0.05, 0) is 43.9 Å². The molecule has 28 heavy (non-hydrogen) atoms. The van der Waals surface area contributed by atoms with Crippen molar-refractivity contribution >= 4 is 23.2 Å².